The van der Waals surface area contributed by atoms with Crippen LogP contribution in [0.25, 0.3) is 0 Å². The lowest BCUT2D eigenvalue weighted by molar-refractivity contribution is 0.452. The highest BCUT2D eigenvalue weighted by molar-refractivity contribution is 14.1. The van der Waals surface area contributed by atoms with Crippen molar-refractivity contribution in [2.45, 2.75) is 25.3 Å². The molecule has 1 rings (SSSR count). The summed E-state index contributed by atoms with van der Waals surface area (Å²) in [6.07, 6.45) is 2.84. The number of unbranched alkanes of at least 4 members (excludes halogenated alkanes) is 1. The average molecular weight is 446 g/mol. The van der Waals surface area contributed by atoms with Crippen LogP contribution in [0.2, 0.25) is 0 Å². The van der Waals surface area contributed by atoms with Gasteiger partial charge in [-0.15, -0.1) is 0 Å². The van der Waals surface area contributed by atoms with E-state index in [0.717, 1.165) is 32.0 Å². The number of halogens is 2. The second-order valence-electron chi connectivity index (χ2n) is 3.72. The van der Waals surface area contributed by atoms with Gasteiger partial charge in [0.05, 0.1) is 3.57 Å². The number of hydrogen-bond donors (Lipinski definition) is 3. The zero-order valence-corrected chi connectivity index (χ0v) is 13.2. The third-order valence-corrected chi connectivity index (χ3v) is 3.87. The molecule has 0 aliphatic rings. The van der Waals surface area contributed by atoms with Crippen molar-refractivity contribution in [1.29, 1.82) is 0 Å². The van der Waals surface area contributed by atoms with Crippen molar-refractivity contribution in [3.05, 3.63) is 24.8 Å². The molecular weight excluding hydrogens is 430 g/mol. The van der Waals surface area contributed by atoms with Gasteiger partial charge in [-0.25, -0.2) is 0 Å². The summed E-state index contributed by atoms with van der Waals surface area (Å²) in [6.45, 7) is 0.697. The fraction of sp³-hybridized carbons (Fsp3) is 0.455. The highest BCUT2D eigenvalue weighted by Crippen LogP contribution is 2.32. The first kappa shape index (κ1) is 14.5. The van der Waals surface area contributed by atoms with Crippen LogP contribution in [0.3, 0.4) is 0 Å². The Kier molecular flexibility index (Phi) is 6.30. The first-order valence-corrected chi connectivity index (χ1v) is 7.35. The molecule has 5 N–H and O–H groups in total. The Bertz CT molecular complexity index is 358. The van der Waals surface area contributed by atoms with E-state index >= 15 is 0 Å². The fourth-order valence-electron chi connectivity index (χ4n) is 1.53. The number of phenolic OH excluding ortho intramolecular Hbond substituents is 1. The minimum absolute atomic E-state index is 0.102. The van der Waals surface area contributed by atoms with Crippen molar-refractivity contribution in [2.75, 3.05) is 6.54 Å². The standard InChI is InChI=1S/C11H16I2N2O/c12-7-5-8(11(16)9(13)6-7)10(15)3-1-2-4-14/h5-6,10,16H,1-4,14-15H2/t10-/m0/s1. The molecule has 1 aromatic rings. The van der Waals surface area contributed by atoms with Gasteiger partial charge in [0.15, 0.2) is 0 Å². The molecule has 16 heavy (non-hydrogen) atoms. The van der Waals surface area contributed by atoms with Crippen molar-refractivity contribution >= 4 is 45.2 Å². The molecule has 0 heterocycles. The Morgan fingerprint density at radius 3 is 2.56 bits per heavy atom. The van der Waals surface area contributed by atoms with E-state index in [4.69, 9.17) is 11.5 Å². The van der Waals surface area contributed by atoms with Crippen molar-refractivity contribution in [3.8, 4) is 5.75 Å². The first-order chi connectivity index (χ1) is 7.56. The van der Waals surface area contributed by atoms with Crippen LogP contribution in [-0.2, 0) is 0 Å². The summed E-state index contributed by atoms with van der Waals surface area (Å²) in [5.41, 5.74) is 12.3. The van der Waals surface area contributed by atoms with Crippen LogP contribution < -0.4 is 11.5 Å². The molecule has 0 aliphatic carbocycles. The summed E-state index contributed by atoms with van der Waals surface area (Å²) in [6, 6.07) is 3.78. The molecular formula is C11H16I2N2O. The predicted molar refractivity (Wildman–Crippen MR) is 83.4 cm³/mol. The van der Waals surface area contributed by atoms with Gasteiger partial charge in [-0.05, 0) is 76.7 Å². The van der Waals surface area contributed by atoms with Crippen LogP contribution in [0.5, 0.6) is 5.75 Å². The van der Waals surface area contributed by atoms with Gasteiger partial charge < -0.3 is 16.6 Å². The number of benzene rings is 1. The summed E-state index contributed by atoms with van der Waals surface area (Å²) in [7, 11) is 0. The molecule has 0 aliphatic heterocycles. The van der Waals surface area contributed by atoms with E-state index < -0.39 is 0 Å². The van der Waals surface area contributed by atoms with Crippen molar-refractivity contribution in [2.24, 2.45) is 11.5 Å². The Labute approximate surface area is 123 Å². The van der Waals surface area contributed by atoms with Gasteiger partial charge in [0.2, 0.25) is 0 Å². The highest BCUT2D eigenvalue weighted by Gasteiger charge is 2.13. The quantitative estimate of drug-likeness (QED) is 0.482. The van der Waals surface area contributed by atoms with Crippen LogP contribution in [0.4, 0.5) is 0 Å². The molecule has 0 saturated heterocycles. The molecule has 1 atom stereocenters. The lowest BCUT2D eigenvalue weighted by atomic mass is 10.0. The molecule has 0 amide bonds. The number of nitrogens with two attached hydrogens (primary N) is 2. The second kappa shape index (κ2) is 6.97. The van der Waals surface area contributed by atoms with Gasteiger partial charge in [-0.2, -0.15) is 0 Å². The van der Waals surface area contributed by atoms with E-state index in [9.17, 15) is 5.11 Å². The molecule has 1 aromatic carbocycles. The van der Waals surface area contributed by atoms with Crippen molar-refractivity contribution in [1.82, 2.24) is 0 Å². The molecule has 0 spiro atoms. The Balaban J connectivity index is 2.78. The van der Waals surface area contributed by atoms with Gasteiger partial charge in [0.1, 0.15) is 5.75 Å². The van der Waals surface area contributed by atoms with E-state index in [-0.39, 0.29) is 6.04 Å². The lowest BCUT2D eigenvalue weighted by Gasteiger charge is -2.15. The molecule has 0 fully saturated rings. The lowest BCUT2D eigenvalue weighted by Crippen LogP contribution is -2.12. The Morgan fingerprint density at radius 1 is 1.25 bits per heavy atom. The zero-order chi connectivity index (χ0) is 12.1. The maximum absolute atomic E-state index is 9.93. The van der Waals surface area contributed by atoms with E-state index in [0.29, 0.717) is 12.3 Å². The minimum atomic E-state index is -0.102. The summed E-state index contributed by atoms with van der Waals surface area (Å²) in [5.74, 6) is 0.321. The smallest absolute Gasteiger partial charge is 0.133 e. The van der Waals surface area contributed by atoms with Gasteiger partial charge in [0, 0.05) is 15.2 Å². The normalized spacial score (nSPS) is 12.8. The van der Waals surface area contributed by atoms with E-state index in [1.807, 2.05) is 12.1 Å². The maximum atomic E-state index is 9.93. The van der Waals surface area contributed by atoms with Gasteiger partial charge >= 0.3 is 0 Å². The summed E-state index contributed by atoms with van der Waals surface area (Å²) < 4.78 is 1.96. The third kappa shape index (κ3) is 4.01. The first-order valence-electron chi connectivity index (χ1n) is 5.19. The van der Waals surface area contributed by atoms with Crippen LogP contribution in [0, 0.1) is 7.14 Å². The third-order valence-electron chi connectivity index (χ3n) is 2.43. The van der Waals surface area contributed by atoms with Gasteiger partial charge in [-0.1, -0.05) is 6.42 Å². The largest absolute Gasteiger partial charge is 0.506 e. The molecule has 5 heteroatoms. The van der Waals surface area contributed by atoms with E-state index in [2.05, 4.69) is 45.2 Å². The maximum Gasteiger partial charge on any atom is 0.133 e. The summed E-state index contributed by atoms with van der Waals surface area (Å²) in [4.78, 5) is 0. The molecule has 0 bridgehead atoms. The number of hydrogen-bond acceptors (Lipinski definition) is 3. The van der Waals surface area contributed by atoms with Crippen LogP contribution in [0.1, 0.15) is 30.9 Å². The molecule has 0 unspecified atom stereocenters. The number of aromatic hydroxyl groups is 1. The predicted octanol–water partition coefficient (Wildman–Crippen LogP) is 2.73. The average Bonchev–Trinajstić information content (AvgIpc) is 2.23. The van der Waals surface area contributed by atoms with Crippen LogP contribution in [0.15, 0.2) is 12.1 Å². The molecule has 90 valence electrons. The number of phenols is 1. The SMILES string of the molecule is NCCCC[C@H](N)c1cc(I)cc(I)c1O. The minimum Gasteiger partial charge on any atom is -0.506 e. The van der Waals surface area contributed by atoms with Crippen LogP contribution in [-0.4, -0.2) is 11.7 Å². The molecule has 0 aromatic heterocycles. The van der Waals surface area contributed by atoms with E-state index in [1.54, 1.807) is 0 Å². The van der Waals surface area contributed by atoms with Crippen molar-refractivity contribution in [3.63, 3.8) is 0 Å². The number of rotatable bonds is 5. The molecule has 3 nitrogen and oxygen atoms in total. The zero-order valence-electron chi connectivity index (χ0n) is 8.92. The topological polar surface area (TPSA) is 72.3 Å². The monoisotopic (exact) mass is 446 g/mol. The Hall–Kier alpha value is 0.400. The fourth-order valence-corrected chi connectivity index (χ4v) is 3.42. The Morgan fingerprint density at radius 2 is 1.94 bits per heavy atom. The summed E-state index contributed by atoms with van der Waals surface area (Å²) in [5, 5.41) is 9.93. The second-order valence-corrected chi connectivity index (χ2v) is 6.12. The highest BCUT2D eigenvalue weighted by atomic mass is 127. The van der Waals surface area contributed by atoms with Crippen molar-refractivity contribution < 1.29 is 5.11 Å². The van der Waals surface area contributed by atoms with E-state index in [1.165, 1.54) is 0 Å². The molecule has 0 saturated carbocycles. The summed E-state index contributed by atoms with van der Waals surface area (Å²) >= 11 is 4.36. The van der Waals surface area contributed by atoms with Gasteiger partial charge in [0.25, 0.3) is 0 Å². The van der Waals surface area contributed by atoms with Gasteiger partial charge in [-0.3, -0.25) is 0 Å². The molecule has 0 radical (unpaired) electrons. The van der Waals surface area contributed by atoms with Crippen LogP contribution >= 0.6 is 45.2 Å².